The van der Waals surface area contributed by atoms with Crippen LogP contribution in [0.15, 0.2) is 83.8 Å². The Morgan fingerprint density at radius 2 is 1.52 bits per heavy atom. The van der Waals surface area contributed by atoms with E-state index in [1.165, 1.54) is 23.1 Å². The molecular formula is C31H36FN3O4S. The van der Waals surface area contributed by atoms with Crippen LogP contribution >= 0.6 is 0 Å². The van der Waals surface area contributed by atoms with Crippen molar-refractivity contribution < 1.29 is 22.4 Å². The second kappa shape index (κ2) is 13.1. The molecule has 0 radical (unpaired) electrons. The summed E-state index contributed by atoms with van der Waals surface area (Å²) < 4.78 is 43.6. The fourth-order valence-electron chi connectivity index (χ4n) is 5.07. The number of carbonyl (C=O) groups excluding carboxylic acids is 2. The largest absolute Gasteiger partial charge is 0.352 e. The lowest BCUT2D eigenvalue weighted by Crippen LogP contribution is -2.52. The zero-order chi connectivity index (χ0) is 28.7. The van der Waals surface area contributed by atoms with Crippen molar-refractivity contribution in [3.8, 4) is 0 Å². The fraction of sp³-hybridized carbons (Fsp3) is 0.355. The van der Waals surface area contributed by atoms with Crippen LogP contribution < -0.4 is 9.62 Å². The summed E-state index contributed by atoms with van der Waals surface area (Å²) in [5.41, 5.74) is 1.38. The minimum absolute atomic E-state index is 0.0340. The van der Waals surface area contributed by atoms with Gasteiger partial charge in [-0.15, -0.1) is 0 Å². The first-order chi connectivity index (χ1) is 19.2. The highest BCUT2D eigenvalue weighted by atomic mass is 32.2. The quantitative estimate of drug-likeness (QED) is 0.352. The summed E-state index contributed by atoms with van der Waals surface area (Å²) in [6.07, 6.45) is 4.35. The van der Waals surface area contributed by atoms with Gasteiger partial charge in [0.05, 0.1) is 10.6 Å². The number of rotatable bonds is 11. The van der Waals surface area contributed by atoms with E-state index >= 15 is 0 Å². The van der Waals surface area contributed by atoms with Crippen molar-refractivity contribution in [2.45, 2.75) is 69.5 Å². The highest BCUT2D eigenvalue weighted by Crippen LogP contribution is 2.28. The number of nitrogens with one attached hydrogen (secondary N) is 1. The van der Waals surface area contributed by atoms with E-state index in [2.05, 4.69) is 5.32 Å². The number of carbonyl (C=O) groups is 2. The van der Waals surface area contributed by atoms with E-state index < -0.39 is 34.3 Å². The molecule has 0 bridgehead atoms. The number of benzene rings is 3. The van der Waals surface area contributed by atoms with E-state index in [9.17, 15) is 22.4 Å². The van der Waals surface area contributed by atoms with Gasteiger partial charge in [-0.2, -0.15) is 0 Å². The van der Waals surface area contributed by atoms with Crippen LogP contribution in [0.2, 0.25) is 0 Å². The Morgan fingerprint density at radius 3 is 2.17 bits per heavy atom. The van der Waals surface area contributed by atoms with E-state index in [-0.39, 0.29) is 29.0 Å². The van der Waals surface area contributed by atoms with Gasteiger partial charge in [0.1, 0.15) is 18.4 Å². The number of halogens is 1. The maximum Gasteiger partial charge on any atom is 0.264 e. The molecule has 9 heteroatoms. The molecule has 3 aromatic rings. The van der Waals surface area contributed by atoms with Crippen molar-refractivity contribution in [1.82, 2.24) is 10.2 Å². The number of sulfonamides is 1. The van der Waals surface area contributed by atoms with Crippen molar-refractivity contribution in [2.24, 2.45) is 0 Å². The fourth-order valence-corrected chi connectivity index (χ4v) is 6.54. The van der Waals surface area contributed by atoms with Gasteiger partial charge in [-0.3, -0.25) is 13.9 Å². The zero-order valence-corrected chi connectivity index (χ0v) is 23.7. The molecule has 0 spiro atoms. The first-order valence-corrected chi connectivity index (χ1v) is 15.1. The van der Waals surface area contributed by atoms with Gasteiger partial charge in [0, 0.05) is 18.2 Å². The molecule has 3 aromatic carbocycles. The number of anilines is 1. The molecule has 1 aliphatic rings. The van der Waals surface area contributed by atoms with Gasteiger partial charge in [-0.25, -0.2) is 12.8 Å². The van der Waals surface area contributed by atoms with Gasteiger partial charge in [0.15, 0.2) is 0 Å². The Balaban J connectivity index is 1.71. The Morgan fingerprint density at radius 1 is 0.925 bits per heavy atom. The predicted molar refractivity (Wildman–Crippen MR) is 154 cm³/mol. The number of amides is 2. The minimum atomic E-state index is -4.15. The molecule has 1 saturated carbocycles. The van der Waals surface area contributed by atoms with Crippen LogP contribution in [-0.2, 0) is 32.6 Å². The average molecular weight is 566 g/mol. The van der Waals surface area contributed by atoms with E-state index in [0.717, 1.165) is 35.6 Å². The van der Waals surface area contributed by atoms with Crippen LogP contribution in [0.3, 0.4) is 0 Å². The van der Waals surface area contributed by atoms with Gasteiger partial charge >= 0.3 is 0 Å². The third kappa shape index (κ3) is 6.70. The zero-order valence-electron chi connectivity index (χ0n) is 22.9. The van der Waals surface area contributed by atoms with Crippen LogP contribution in [0.4, 0.5) is 10.1 Å². The highest BCUT2D eigenvalue weighted by molar-refractivity contribution is 7.92. The first-order valence-electron chi connectivity index (χ1n) is 13.7. The number of para-hydroxylation sites is 1. The van der Waals surface area contributed by atoms with Crippen molar-refractivity contribution in [3.63, 3.8) is 0 Å². The van der Waals surface area contributed by atoms with Crippen LogP contribution in [0, 0.1) is 5.82 Å². The second-order valence-corrected chi connectivity index (χ2v) is 11.9. The summed E-state index contributed by atoms with van der Waals surface area (Å²) in [5.74, 6) is -1.46. The molecule has 212 valence electrons. The van der Waals surface area contributed by atoms with Crippen molar-refractivity contribution in [3.05, 3.63) is 95.8 Å². The third-order valence-corrected chi connectivity index (χ3v) is 9.19. The van der Waals surface area contributed by atoms with Crippen molar-refractivity contribution in [2.75, 3.05) is 10.8 Å². The summed E-state index contributed by atoms with van der Waals surface area (Å²) in [6, 6.07) is 20.1. The Bertz CT molecular complexity index is 1430. The van der Waals surface area contributed by atoms with E-state index in [1.807, 2.05) is 19.1 Å². The summed E-state index contributed by atoms with van der Waals surface area (Å²) in [7, 11) is -4.15. The summed E-state index contributed by atoms with van der Waals surface area (Å²) in [5, 5.41) is 3.02. The molecule has 1 N–H and O–H groups in total. The van der Waals surface area contributed by atoms with Crippen molar-refractivity contribution >= 4 is 27.5 Å². The standard InChI is InChI=1S/C31H36FN3O4S/c1-3-24-13-8-12-20-29(24)35(40(38,39)27-17-5-4-6-18-27)22-30(36)34(21-25-14-7-11-19-28(25)32)23(2)31(37)33-26-15-9-10-16-26/h4-8,11-14,17-20,23,26H,3,9-10,15-16,21-22H2,1-2H3,(H,33,37)/t23-/m0/s1. The average Bonchev–Trinajstić information content (AvgIpc) is 3.48. The molecule has 0 aromatic heterocycles. The van der Waals surface area contributed by atoms with Gasteiger partial charge in [-0.05, 0) is 56.0 Å². The molecule has 1 atom stereocenters. The maximum absolute atomic E-state index is 14.7. The lowest BCUT2D eigenvalue weighted by molar-refractivity contribution is -0.139. The molecule has 1 fully saturated rings. The molecule has 0 aliphatic heterocycles. The number of hydrogen-bond donors (Lipinski definition) is 1. The van der Waals surface area contributed by atoms with Gasteiger partial charge in [0.25, 0.3) is 10.0 Å². The minimum Gasteiger partial charge on any atom is -0.352 e. The monoisotopic (exact) mass is 565 g/mol. The maximum atomic E-state index is 14.7. The summed E-state index contributed by atoms with van der Waals surface area (Å²) in [6.45, 7) is 2.77. The molecule has 40 heavy (non-hydrogen) atoms. The second-order valence-electron chi connectivity index (χ2n) is 10.1. The van der Waals surface area contributed by atoms with E-state index in [0.29, 0.717) is 12.1 Å². The number of hydrogen-bond acceptors (Lipinski definition) is 4. The molecule has 1 aliphatic carbocycles. The molecule has 7 nitrogen and oxygen atoms in total. The Kier molecular flexibility index (Phi) is 9.58. The van der Waals surface area contributed by atoms with E-state index in [4.69, 9.17) is 0 Å². The molecule has 4 rings (SSSR count). The molecular weight excluding hydrogens is 529 g/mol. The van der Waals surface area contributed by atoms with Gasteiger partial charge in [-0.1, -0.05) is 74.4 Å². The summed E-state index contributed by atoms with van der Waals surface area (Å²) >= 11 is 0. The predicted octanol–water partition coefficient (Wildman–Crippen LogP) is 5.06. The number of nitrogens with zero attached hydrogens (tertiary/aromatic N) is 2. The lowest BCUT2D eigenvalue weighted by atomic mass is 10.1. The lowest BCUT2D eigenvalue weighted by Gasteiger charge is -2.33. The topological polar surface area (TPSA) is 86.8 Å². The van der Waals surface area contributed by atoms with E-state index in [1.54, 1.807) is 55.5 Å². The SMILES string of the molecule is CCc1ccccc1N(CC(=O)N(Cc1ccccc1F)[C@@H](C)C(=O)NC1CCCC1)S(=O)(=O)c1ccccc1. The molecule has 2 amide bonds. The van der Waals surface area contributed by atoms with Gasteiger partial charge < -0.3 is 10.2 Å². The molecule has 0 unspecified atom stereocenters. The van der Waals surface area contributed by atoms with Crippen LogP contribution in [0.5, 0.6) is 0 Å². The highest BCUT2D eigenvalue weighted by Gasteiger charge is 2.34. The van der Waals surface area contributed by atoms with Crippen molar-refractivity contribution in [1.29, 1.82) is 0 Å². The van der Waals surface area contributed by atoms with Gasteiger partial charge in [0.2, 0.25) is 11.8 Å². The number of aryl methyl sites for hydroxylation is 1. The Labute approximate surface area is 236 Å². The van der Waals surface area contributed by atoms with Crippen LogP contribution in [0.1, 0.15) is 50.7 Å². The van der Waals surface area contributed by atoms with Crippen LogP contribution in [-0.4, -0.2) is 43.8 Å². The van der Waals surface area contributed by atoms with Crippen LogP contribution in [0.25, 0.3) is 0 Å². The first kappa shape index (κ1) is 29.3. The normalized spacial score (nSPS) is 14.5. The third-order valence-electron chi connectivity index (χ3n) is 7.42. The smallest absolute Gasteiger partial charge is 0.264 e. The summed E-state index contributed by atoms with van der Waals surface area (Å²) in [4.78, 5) is 28.6. The Hall–Kier alpha value is -3.72. The molecule has 0 saturated heterocycles. The molecule has 0 heterocycles.